The van der Waals surface area contributed by atoms with Crippen molar-refractivity contribution in [1.29, 1.82) is 0 Å². The second-order valence-electron chi connectivity index (χ2n) is 8.33. The van der Waals surface area contributed by atoms with Gasteiger partial charge in [0.2, 0.25) is 11.8 Å². The van der Waals surface area contributed by atoms with Gasteiger partial charge in [-0.05, 0) is 18.6 Å². The third-order valence-electron chi connectivity index (χ3n) is 5.73. The second-order valence-corrected chi connectivity index (χ2v) is 9.29. The molecule has 5 rings (SSSR count). The first kappa shape index (κ1) is 23.7. The summed E-state index contributed by atoms with van der Waals surface area (Å²) >= 11 is 1.36. The third kappa shape index (κ3) is 5.13. The Morgan fingerprint density at radius 1 is 1.00 bits per heavy atom. The number of methoxy groups -OCH3 is 2. The predicted octanol–water partition coefficient (Wildman–Crippen LogP) is 5.90. The Hall–Kier alpha value is -4.04. The van der Waals surface area contributed by atoms with Crippen LogP contribution in [-0.2, 0) is 11.2 Å². The molecule has 0 spiro atoms. The molecule has 182 valence electrons. The average molecular weight is 500 g/mol. The maximum atomic E-state index is 12.9. The van der Waals surface area contributed by atoms with Gasteiger partial charge in [0.15, 0.2) is 5.82 Å². The molecule has 1 N–H and O–H groups in total. The van der Waals surface area contributed by atoms with Gasteiger partial charge in [0.25, 0.3) is 0 Å². The maximum Gasteiger partial charge on any atom is 0.234 e. The van der Waals surface area contributed by atoms with Crippen LogP contribution in [-0.4, -0.2) is 35.8 Å². The largest absolute Gasteiger partial charge is 0.497 e. The summed E-state index contributed by atoms with van der Waals surface area (Å²) in [4.78, 5) is 22.4. The van der Waals surface area contributed by atoms with Crippen molar-refractivity contribution in [2.45, 2.75) is 18.4 Å². The number of hydrogen-bond acceptors (Lipinski definition) is 7. The molecular weight excluding hydrogens is 474 g/mol. The van der Waals surface area contributed by atoms with Gasteiger partial charge < -0.3 is 19.5 Å². The monoisotopic (exact) mass is 499 g/mol. The number of aryl methyl sites for hydroxylation is 1. The number of ether oxygens (including phenoxy) is 3. The van der Waals surface area contributed by atoms with Crippen molar-refractivity contribution >= 4 is 23.4 Å². The topological polar surface area (TPSA) is 82.6 Å². The molecule has 2 heterocycles. The minimum atomic E-state index is -0.170. The van der Waals surface area contributed by atoms with E-state index in [0.29, 0.717) is 35.3 Å². The molecular formula is C28H25N3O4S. The van der Waals surface area contributed by atoms with Gasteiger partial charge >= 0.3 is 0 Å². The van der Waals surface area contributed by atoms with Gasteiger partial charge in [-0.25, -0.2) is 4.98 Å². The fourth-order valence-corrected chi connectivity index (χ4v) is 4.79. The molecule has 1 amide bonds. The van der Waals surface area contributed by atoms with Crippen molar-refractivity contribution in [3.05, 3.63) is 83.4 Å². The van der Waals surface area contributed by atoms with E-state index in [-0.39, 0.29) is 11.7 Å². The number of nitrogens with zero attached hydrogens (tertiary/aromatic N) is 2. The van der Waals surface area contributed by atoms with Crippen molar-refractivity contribution in [3.8, 4) is 34.5 Å². The number of benzene rings is 3. The van der Waals surface area contributed by atoms with Crippen LogP contribution >= 0.6 is 11.8 Å². The van der Waals surface area contributed by atoms with Crippen molar-refractivity contribution in [2.75, 3.05) is 25.3 Å². The molecule has 1 aromatic heterocycles. The summed E-state index contributed by atoms with van der Waals surface area (Å²) in [5.41, 5.74) is 4.60. The van der Waals surface area contributed by atoms with Gasteiger partial charge in [0.1, 0.15) is 22.3 Å². The lowest BCUT2D eigenvalue weighted by molar-refractivity contribution is -0.113. The molecule has 3 aromatic carbocycles. The van der Waals surface area contributed by atoms with Gasteiger partial charge in [0, 0.05) is 35.9 Å². The molecule has 0 bridgehead atoms. The summed E-state index contributed by atoms with van der Waals surface area (Å²) in [6.45, 7) is 2.05. The summed E-state index contributed by atoms with van der Waals surface area (Å²) < 4.78 is 16.8. The van der Waals surface area contributed by atoms with Crippen molar-refractivity contribution < 1.29 is 19.0 Å². The summed E-state index contributed by atoms with van der Waals surface area (Å²) in [7, 11) is 3.14. The number of anilines is 1. The van der Waals surface area contributed by atoms with Crippen LogP contribution < -0.4 is 19.5 Å². The van der Waals surface area contributed by atoms with Crippen molar-refractivity contribution in [1.82, 2.24) is 9.97 Å². The molecule has 7 nitrogen and oxygen atoms in total. The molecule has 0 fully saturated rings. The number of carbonyl (C=O) groups excluding carboxylic acids is 1. The van der Waals surface area contributed by atoms with Crippen molar-refractivity contribution in [3.63, 3.8) is 0 Å². The Morgan fingerprint density at radius 3 is 2.47 bits per heavy atom. The Kier molecular flexibility index (Phi) is 6.77. The number of nitrogens with one attached hydrogen (secondary N) is 1. The van der Waals surface area contributed by atoms with Crippen LogP contribution in [0.2, 0.25) is 0 Å². The lowest BCUT2D eigenvalue weighted by atomic mass is 10.0. The number of fused-ring (bicyclic) bond motifs is 2. The van der Waals surface area contributed by atoms with E-state index < -0.39 is 0 Å². The molecule has 0 saturated heterocycles. The molecule has 0 unspecified atom stereocenters. The van der Waals surface area contributed by atoms with E-state index in [1.165, 1.54) is 11.8 Å². The van der Waals surface area contributed by atoms with Crippen molar-refractivity contribution in [2.24, 2.45) is 0 Å². The lowest BCUT2D eigenvalue weighted by Crippen LogP contribution is -2.15. The van der Waals surface area contributed by atoms with Crippen LogP contribution in [0.4, 0.5) is 5.69 Å². The average Bonchev–Trinajstić information content (AvgIpc) is 2.90. The summed E-state index contributed by atoms with van der Waals surface area (Å²) in [5, 5.41) is 3.64. The number of aromatic nitrogens is 2. The maximum absolute atomic E-state index is 12.9. The minimum absolute atomic E-state index is 0.165. The Morgan fingerprint density at radius 2 is 1.75 bits per heavy atom. The number of amides is 1. The Bertz CT molecular complexity index is 1400. The van der Waals surface area contributed by atoms with Gasteiger partial charge in [0.05, 0.1) is 25.5 Å². The molecule has 36 heavy (non-hydrogen) atoms. The molecule has 0 aliphatic carbocycles. The normalized spacial score (nSPS) is 11.6. The molecule has 0 saturated carbocycles. The summed E-state index contributed by atoms with van der Waals surface area (Å²) in [6, 6.07) is 21.1. The lowest BCUT2D eigenvalue weighted by Gasteiger charge is -2.22. The highest BCUT2D eigenvalue weighted by Gasteiger charge is 2.25. The zero-order chi connectivity index (χ0) is 25.1. The SMILES string of the molecule is COc1cc(NC(=O)CSc2nc(-c3ccccc3)nc3c2Cc2cc(C)ccc2O3)cc(OC)c1. The molecule has 4 aromatic rings. The van der Waals surface area contributed by atoms with E-state index in [4.69, 9.17) is 24.2 Å². The molecule has 1 aliphatic heterocycles. The second kappa shape index (κ2) is 10.3. The zero-order valence-electron chi connectivity index (χ0n) is 20.2. The summed E-state index contributed by atoms with van der Waals surface area (Å²) in [5.74, 6) is 3.08. The van der Waals surface area contributed by atoms with E-state index >= 15 is 0 Å². The van der Waals surface area contributed by atoms with E-state index in [1.807, 2.05) is 42.5 Å². The first-order valence-corrected chi connectivity index (χ1v) is 12.4. The highest BCUT2D eigenvalue weighted by atomic mass is 32.2. The number of rotatable bonds is 7. The number of carbonyl (C=O) groups is 1. The fourth-order valence-electron chi connectivity index (χ4n) is 3.97. The zero-order valence-corrected chi connectivity index (χ0v) is 21.0. The number of thioether (sulfide) groups is 1. The molecule has 8 heteroatoms. The predicted molar refractivity (Wildman–Crippen MR) is 140 cm³/mol. The highest BCUT2D eigenvalue weighted by molar-refractivity contribution is 8.00. The Labute approximate surface area is 213 Å². The van der Waals surface area contributed by atoms with Gasteiger partial charge in [-0.3, -0.25) is 4.79 Å². The van der Waals surface area contributed by atoms with Crippen LogP contribution in [0.3, 0.4) is 0 Å². The standard InChI is InChI=1S/C28H25N3O4S/c1-17-9-10-24-19(11-17)12-23-27(35-24)30-26(18-7-5-4-6-8-18)31-28(23)36-16-25(32)29-20-13-21(33-2)15-22(14-20)34-3/h4-11,13-15H,12,16H2,1-3H3,(H,29,32). The molecule has 0 radical (unpaired) electrons. The summed E-state index contributed by atoms with van der Waals surface area (Å²) in [6.07, 6.45) is 0.637. The fraction of sp³-hybridized carbons (Fsp3) is 0.179. The van der Waals surface area contributed by atoms with Crippen LogP contribution in [0.5, 0.6) is 23.1 Å². The first-order chi connectivity index (χ1) is 17.5. The smallest absolute Gasteiger partial charge is 0.234 e. The van der Waals surface area contributed by atoms with E-state index in [9.17, 15) is 4.79 Å². The van der Waals surface area contributed by atoms with Crippen LogP contribution in [0.1, 0.15) is 16.7 Å². The molecule has 1 aliphatic rings. The highest BCUT2D eigenvalue weighted by Crippen LogP contribution is 2.40. The quantitative estimate of drug-likeness (QED) is 0.221. The minimum Gasteiger partial charge on any atom is -0.497 e. The van der Waals surface area contributed by atoms with Crippen LogP contribution in [0.25, 0.3) is 11.4 Å². The van der Waals surface area contributed by atoms with Gasteiger partial charge in [-0.2, -0.15) is 4.98 Å². The third-order valence-corrected chi connectivity index (χ3v) is 6.75. The van der Waals surface area contributed by atoms with E-state index in [1.54, 1.807) is 32.4 Å². The Balaban J connectivity index is 1.42. The van der Waals surface area contributed by atoms with Gasteiger partial charge in [-0.15, -0.1) is 0 Å². The first-order valence-electron chi connectivity index (χ1n) is 11.4. The molecule has 0 atom stereocenters. The number of hydrogen-bond donors (Lipinski definition) is 1. The van der Waals surface area contributed by atoms with E-state index in [2.05, 4.69) is 18.3 Å². The van der Waals surface area contributed by atoms with Crippen LogP contribution in [0.15, 0.2) is 71.8 Å². The van der Waals surface area contributed by atoms with Crippen LogP contribution in [0, 0.1) is 6.92 Å². The van der Waals surface area contributed by atoms with E-state index in [0.717, 1.165) is 33.0 Å². The van der Waals surface area contributed by atoms with Gasteiger partial charge in [-0.1, -0.05) is 59.8 Å².